The van der Waals surface area contributed by atoms with Crippen molar-refractivity contribution < 1.29 is 10.2 Å². The second kappa shape index (κ2) is 6.93. The Kier molecular flexibility index (Phi) is 4.37. The molecule has 4 nitrogen and oxygen atoms in total. The Labute approximate surface area is 187 Å². The van der Waals surface area contributed by atoms with Crippen LogP contribution < -0.4 is 0 Å². The van der Waals surface area contributed by atoms with Crippen molar-refractivity contribution >= 4 is 22.5 Å². The lowest BCUT2D eigenvalue weighted by molar-refractivity contribution is -0.104. The summed E-state index contributed by atoms with van der Waals surface area (Å²) in [5.74, 6) is 1.04. The monoisotopic (exact) mass is 434 g/mol. The Morgan fingerprint density at radius 3 is 2.74 bits per heavy atom. The van der Waals surface area contributed by atoms with E-state index in [0.29, 0.717) is 24.4 Å². The molecule has 2 N–H and O–H groups in total. The van der Waals surface area contributed by atoms with Gasteiger partial charge in [0.15, 0.2) is 0 Å². The topological polar surface area (TPSA) is 56.6 Å². The lowest BCUT2D eigenvalue weighted by Crippen LogP contribution is -2.66. The molecule has 5 heteroatoms. The van der Waals surface area contributed by atoms with E-state index in [1.165, 1.54) is 12.8 Å². The number of hydrogen-bond donors (Lipinski definition) is 2. The average molecular weight is 435 g/mol. The first-order valence-electron chi connectivity index (χ1n) is 11.3. The fourth-order valence-corrected chi connectivity index (χ4v) is 6.17. The van der Waals surface area contributed by atoms with Crippen molar-refractivity contribution in [2.45, 2.75) is 43.1 Å². The van der Waals surface area contributed by atoms with Gasteiger partial charge in [0.05, 0.1) is 11.1 Å². The number of rotatable bonds is 3. The molecular weight excluding hydrogens is 408 g/mol. The minimum atomic E-state index is -0.919. The van der Waals surface area contributed by atoms with Gasteiger partial charge in [0.1, 0.15) is 5.75 Å². The number of hydrogen-bond acceptors (Lipinski definition) is 4. The van der Waals surface area contributed by atoms with Gasteiger partial charge in [-0.25, -0.2) is 0 Å². The van der Waals surface area contributed by atoms with Gasteiger partial charge in [-0.1, -0.05) is 29.8 Å². The van der Waals surface area contributed by atoms with E-state index in [-0.39, 0.29) is 5.75 Å². The molecule has 2 aromatic carbocycles. The molecule has 2 fully saturated rings. The second-order valence-corrected chi connectivity index (χ2v) is 10.3. The Bertz CT molecular complexity index is 1180. The van der Waals surface area contributed by atoms with Crippen LogP contribution in [0.25, 0.3) is 10.9 Å². The molecule has 31 heavy (non-hydrogen) atoms. The zero-order valence-corrected chi connectivity index (χ0v) is 18.3. The highest BCUT2D eigenvalue weighted by molar-refractivity contribution is 6.35. The maximum atomic E-state index is 12.3. The third-order valence-electron chi connectivity index (χ3n) is 7.77. The summed E-state index contributed by atoms with van der Waals surface area (Å²) in [6.45, 7) is 2.69. The summed E-state index contributed by atoms with van der Waals surface area (Å²) in [4.78, 5) is 7.45. The van der Waals surface area contributed by atoms with Gasteiger partial charge >= 0.3 is 0 Å². The molecule has 0 spiro atoms. The number of nitrogens with zero attached hydrogens (tertiary/aromatic N) is 2. The van der Waals surface area contributed by atoms with Gasteiger partial charge in [0.2, 0.25) is 0 Å². The highest BCUT2D eigenvalue weighted by atomic mass is 35.5. The number of phenolic OH excluding ortho intramolecular Hbond substituents is 1. The summed E-state index contributed by atoms with van der Waals surface area (Å²) >= 11 is 6.46. The number of aromatic hydroxyl groups is 1. The summed E-state index contributed by atoms with van der Waals surface area (Å²) in [6.07, 6.45) is 4.69. The number of aliphatic hydroxyl groups is 1. The molecule has 1 aromatic heterocycles. The summed E-state index contributed by atoms with van der Waals surface area (Å²) < 4.78 is 0. The van der Waals surface area contributed by atoms with E-state index in [2.05, 4.69) is 17.0 Å². The van der Waals surface area contributed by atoms with Gasteiger partial charge < -0.3 is 15.1 Å². The van der Waals surface area contributed by atoms with Gasteiger partial charge in [0, 0.05) is 47.4 Å². The van der Waals surface area contributed by atoms with Crippen LogP contribution in [0.3, 0.4) is 0 Å². The minimum absolute atomic E-state index is 0.249. The number of piperidine rings is 1. The van der Waals surface area contributed by atoms with Crippen LogP contribution in [-0.2, 0) is 18.3 Å². The van der Waals surface area contributed by atoms with Crippen molar-refractivity contribution in [3.8, 4) is 5.75 Å². The molecule has 2 heterocycles. The van der Waals surface area contributed by atoms with E-state index < -0.39 is 11.0 Å². The van der Waals surface area contributed by atoms with E-state index in [1.54, 1.807) is 6.07 Å². The predicted molar refractivity (Wildman–Crippen MR) is 123 cm³/mol. The molecule has 3 aromatic rings. The van der Waals surface area contributed by atoms with Gasteiger partial charge in [0.25, 0.3) is 0 Å². The van der Waals surface area contributed by atoms with Gasteiger partial charge in [-0.05, 0) is 73.2 Å². The molecule has 2 aliphatic carbocycles. The summed E-state index contributed by atoms with van der Waals surface area (Å²) in [6, 6.07) is 15.4. The first-order chi connectivity index (χ1) is 15.0. The normalized spacial score (nSPS) is 28.3. The Hall–Kier alpha value is -2.14. The third kappa shape index (κ3) is 3.15. The van der Waals surface area contributed by atoms with Crippen molar-refractivity contribution in [3.05, 3.63) is 70.4 Å². The molecular formula is C26H27ClN2O2. The van der Waals surface area contributed by atoms with Gasteiger partial charge in [-0.3, -0.25) is 4.98 Å². The molecule has 2 atom stereocenters. The second-order valence-electron chi connectivity index (χ2n) is 9.85. The van der Waals surface area contributed by atoms with Crippen molar-refractivity contribution in [2.75, 3.05) is 19.6 Å². The SMILES string of the molecule is Oc1cccc([C@@]23CCN(CC4CC4)C[C@@]2(O)Cc2cc4c(Cl)cccc4nc2C3)c1. The van der Waals surface area contributed by atoms with Crippen LogP contribution >= 0.6 is 11.6 Å². The van der Waals surface area contributed by atoms with E-state index >= 15 is 0 Å². The molecule has 1 saturated heterocycles. The van der Waals surface area contributed by atoms with E-state index in [9.17, 15) is 10.2 Å². The lowest BCUT2D eigenvalue weighted by atomic mass is 9.56. The van der Waals surface area contributed by atoms with Gasteiger partial charge in [-0.2, -0.15) is 0 Å². The highest BCUT2D eigenvalue weighted by Crippen LogP contribution is 2.51. The number of likely N-dealkylation sites (tertiary alicyclic amines) is 1. The number of β-amino-alcohol motifs (C(OH)–C–C–N with tert-alkyl or cyclic N) is 1. The number of pyridine rings is 1. The largest absolute Gasteiger partial charge is 0.508 e. The number of benzene rings is 2. The first-order valence-corrected chi connectivity index (χ1v) is 11.6. The van der Waals surface area contributed by atoms with Crippen LogP contribution in [-0.4, -0.2) is 45.3 Å². The maximum absolute atomic E-state index is 12.3. The Morgan fingerprint density at radius 2 is 1.94 bits per heavy atom. The first kappa shape index (κ1) is 19.5. The van der Waals surface area contributed by atoms with E-state index in [1.807, 2.05) is 30.3 Å². The summed E-state index contributed by atoms with van der Waals surface area (Å²) in [7, 11) is 0. The number of aromatic nitrogens is 1. The van der Waals surface area contributed by atoms with E-state index in [4.69, 9.17) is 16.6 Å². The molecule has 1 aliphatic heterocycles. The summed E-state index contributed by atoms with van der Waals surface area (Å²) in [5, 5.41) is 24.2. The zero-order chi connectivity index (χ0) is 21.2. The molecule has 160 valence electrons. The fourth-order valence-electron chi connectivity index (χ4n) is 5.95. The van der Waals surface area contributed by atoms with Gasteiger partial charge in [-0.15, -0.1) is 0 Å². The molecule has 0 radical (unpaired) electrons. The van der Waals surface area contributed by atoms with Crippen LogP contribution in [0, 0.1) is 5.92 Å². The van der Waals surface area contributed by atoms with E-state index in [0.717, 1.165) is 53.2 Å². The number of halogens is 1. The highest BCUT2D eigenvalue weighted by Gasteiger charge is 2.57. The van der Waals surface area contributed by atoms with Crippen molar-refractivity contribution in [1.29, 1.82) is 0 Å². The maximum Gasteiger partial charge on any atom is 0.115 e. The quantitative estimate of drug-likeness (QED) is 0.638. The molecule has 6 rings (SSSR count). The van der Waals surface area contributed by atoms with Crippen LogP contribution in [0.4, 0.5) is 0 Å². The predicted octanol–water partition coefficient (Wildman–Crippen LogP) is 4.48. The van der Waals surface area contributed by atoms with Crippen LogP contribution in [0.15, 0.2) is 48.5 Å². The molecule has 3 aliphatic rings. The van der Waals surface area contributed by atoms with Crippen molar-refractivity contribution in [2.24, 2.45) is 5.92 Å². The fraction of sp³-hybridized carbons (Fsp3) is 0.423. The Balaban J connectivity index is 1.49. The molecule has 1 saturated carbocycles. The zero-order valence-electron chi connectivity index (χ0n) is 17.5. The van der Waals surface area contributed by atoms with Crippen molar-refractivity contribution in [3.63, 3.8) is 0 Å². The molecule has 0 unspecified atom stereocenters. The number of phenols is 1. The van der Waals surface area contributed by atoms with Crippen molar-refractivity contribution in [1.82, 2.24) is 9.88 Å². The van der Waals surface area contributed by atoms with Crippen LogP contribution in [0.5, 0.6) is 5.75 Å². The standard InChI is InChI=1S/C26H27ClN2O2/c27-22-5-2-6-23-21(22)11-18-13-26(31)16-29(15-17-7-8-17)10-9-25(26,14-24(18)28-23)19-3-1-4-20(30)12-19/h1-6,11-12,17,30-31H,7-10,13-16H2/t25-,26-/m0/s1. The Morgan fingerprint density at radius 1 is 1.10 bits per heavy atom. The lowest BCUT2D eigenvalue weighted by Gasteiger charge is -2.56. The smallest absolute Gasteiger partial charge is 0.115 e. The number of fused-ring (bicyclic) bond motifs is 3. The molecule has 0 bridgehead atoms. The third-order valence-corrected chi connectivity index (χ3v) is 8.10. The summed E-state index contributed by atoms with van der Waals surface area (Å²) in [5.41, 5.74) is 2.66. The van der Waals surface area contributed by atoms with Crippen LogP contribution in [0.1, 0.15) is 36.1 Å². The molecule has 0 amide bonds. The van der Waals surface area contributed by atoms with Crippen LogP contribution in [0.2, 0.25) is 5.02 Å². The average Bonchev–Trinajstić information content (AvgIpc) is 3.55. The minimum Gasteiger partial charge on any atom is -0.508 e.